The van der Waals surface area contributed by atoms with Gasteiger partial charge in [-0.3, -0.25) is 4.79 Å². The SMILES string of the molecule is N#Cc1ccc(NC(=O)COC(=O)c2ccccc2F)cc1. The largest absolute Gasteiger partial charge is 0.452 e. The van der Waals surface area contributed by atoms with Crippen molar-refractivity contribution < 1.29 is 18.7 Å². The highest BCUT2D eigenvalue weighted by atomic mass is 19.1. The number of carbonyl (C=O) groups is 2. The normalized spacial score (nSPS) is 9.64. The minimum Gasteiger partial charge on any atom is -0.452 e. The van der Waals surface area contributed by atoms with Gasteiger partial charge in [-0.05, 0) is 36.4 Å². The third-order valence-corrected chi connectivity index (χ3v) is 2.73. The maximum atomic E-state index is 13.4. The highest BCUT2D eigenvalue weighted by Crippen LogP contribution is 2.10. The topological polar surface area (TPSA) is 79.2 Å². The van der Waals surface area contributed by atoms with Gasteiger partial charge in [-0.25, -0.2) is 9.18 Å². The lowest BCUT2D eigenvalue weighted by atomic mass is 10.2. The molecule has 0 radical (unpaired) electrons. The predicted octanol–water partition coefficient (Wildman–Crippen LogP) is 2.49. The molecule has 6 heteroatoms. The molecule has 0 heterocycles. The lowest BCUT2D eigenvalue weighted by molar-refractivity contribution is -0.119. The summed E-state index contributed by atoms with van der Waals surface area (Å²) in [6.45, 7) is -0.535. The van der Waals surface area contributed by atoms with Gasteiger partial charge in [0.1, 0.15) is 5.82 Å². The van der Waals surface area contributed by atoms with Crippen LogP contribution in [0.15, 0.2) is 48.5 Å². The lowest BCUT2D eigenvalue weighted by Crippen LogP contribution is -2.21. The lowest BCUT2D eigenvalue weighted by Gasteiger charge is -2.07. The maximum Gasteiger partial charge on any atom is 0.341 e. The van der Waals surface area contributed by atoms with E-state index in [-0.39, 0.29) is 5.56 Å². The van der Waals surface area contributed by atoms with E-state index in [0.29, 0.717) is 11.3 Å². The van der Waals surface area contributed by atoms with Crippen LogP contribution in [0.3, 0.4) is 0 Å². The molecule has 22 heavy (non-hydrogen) atoms. The first-order chi connectivity index (χ1) is 10.6. The van der Waals surface area contributed by atoms with Gasteiger partial charge in [-0.1, -0.05) is 12.1 Å². The second-order valence-electron chi connectivity index (χ2n) is 4.29. The molecule has 0 atom stereocenters. The standard InChI is InChI=1S/C16H11FN2O3/c17-14-4-2-1-3-13(14)16(21)22-10-15(20)19-12-7-5-11(9-18)6-8-12/h1-8H,10H2,(H,19,20). The number of ether oxygens (including phenoxy) is 1. The van der Waals surface area contributed by atoms with Crippen LogP contribution in [-0.4, -0.2) is 18.5 Å². The van der Waals surface area contributed by atoms with Crippen LogP contribution in [0.25, 0.3) is 0 Å². The summed E-state index contributed by atoms with van der Waals surface area (Å²) in [6.07, 6.45) is 0. The van der Waals surface area contributed by atoms with E-state index in [1.54, 1.807) is 24.3 Å². The Morgan fingerprint density at radius 3 is 2.45 bits per heavy atom. The maximum absolute atomic E-state index is 13.4. The Kier molecular flexibility index (Phi) is 4.83. The van der Waals surface area contributed by atoms with E-state index in [9.17, 15) is 14.0 Å². The van der Waals surface area contributed by atoms with Crippen molar-refractivity contribution in [3.05, 3.63) is 65.5 Å². The summed E-state index contributed by atoms with van der Waals surface area (Å²) in [6, 6.07) is 13.5. The van der Waals surface area contributed by atoms with Gasteiger partial charge in [-0.2, -0.15) is 5.26 Å². The van der Waals surface area contributed by atoms with Gasteiger partial charge < -0.3 is 10.1 Å². The number of benzene rings is 2. The second-order valence-corrected chi connectivity index (χ2v) is 4.29. The first-order valence-corrected chi connectivity index (χ1v) is 6.32. The number of amides is 1. The molecule has 0 aliphatic heterocycles. The van der Waals surface area contributed by atoms with E-state index in [0.717, 1.165) is 6.07 Å². The Labute approximate surface area is 125 Å². The molecular weight excluding hydrogens is 287 g/mol. The van der Waals surface area contributed by atoms with E-state index in [1.165, 1.54) is 18.2 Å². The number of anilines is 1. The molecular formula is C16H11FN2O3. The Morgan fingerprint density at radius 2 is 1.82 bits per heavy atom. The minimum absolute atomic E-state index is 0.228. The summed E-state index contributed by atoms with van der Waals surface area (Å²) in [4.78, 5) is 23.3. The summed E-state index contributed by atoms with van der Waals surface area (Å²) in [5.41, 5.74) is 0.698. The zero-order chi connectivity index (χ0) is 15.9. The smallest absolute Gasteiger partial charge is 0.341 e. The molecule has 1 amide bonds. The molecule has 0 aliphatic rings. The number of carbonyl (C=O) groups excluding carboxylic acids is 2. The number of rotatable bonds is 4. The van der Waals surface area contributed by atoms with Crippen LogP contribution in [0.2, 0.25) is 0 Å². The monoisotopic (exact) mass is 298 g/mol. The van der Waals surface area contributed by atoms with E-state index in [4.69, 9.17) is 10.00 Å². The van der Waals surface area contributed by atoms with Gasteiger partial charge in [-0.15, -0.1) is 0 Å². The molecule has 0 aromatic heterocycles. The molecule has 1 N–H and O–H groups in total. The Morgan fingerprint density at radius 1 is 1.14 bits per heavy atom. The fourth-order valence-electron chi connectivity index (χ4n) is 1.66. The fraction of sp³-hybridized carbons (Fsp3) is 0.0625. The Hall–Kier alpha value is -3.20. The highest BCUT2D eigenvalue weighted by molar-refractivity contribution is 5.95. The minimum atomic E-state index is -0.909. The number of esters is 1. The van der Waals surface area contributed by atoms with E-state index in [2.05, 4.69) is 5.32 Å². The third kappa shape index (κ3) is 3.90. The van der Waals surface area contributed by atoms with Crippen molar-refractivity contribution in [3.8, 4) is 6.07 Å². The molecule has 0 saturated heterocycles. The summed E-state index contributed by atoms with van der Waals surface area (Å²) in [5, 5.41) is 11.2. The summed E-state index contributed by atoms with van der Waals surface area (Å²) in [7, 11) is 0. The van der Waals surface area contributed by atoms with Crippen molar-refractivity contribution in [2.75, 3.05) is 11.9 Å². The molecule has 0 unspecified atom stereocenters. The molecule has 0 fully saturated rings. The van der Waals surface area contributed by atoms with Gasteiger partial charge in [0.25, 0.3) is 5.91 Å². The van der Waals surface area contributed by atoms with Crippen molar-refractivity contribution >= 4 is 17.6 Å². The van der Waals surface area contributed by atoms with Crippen LogP contribution >= 0.6 is 0 Å². The second kappa shape index (κ2) is 6.99. The Balaban J connectivity index is 1.89. The molecule has 2 aromatic rings. The van der Waals surface area contributed by atoms with Gasteiger partial charge in [0, 0.05) is 5.69 Å². The van der Waals surface area contributed by atoms with Gasteiger partial charge in [0.2, 0.25) is 0 Å². The van der Waals surface area contributed by atoms with Crippen molar-refractivity contribution in [3.63, 3.8) is 0 Å². The van der Waals surface area contributed by atoms with Crippen molar-refractivity contribution in [1.82, 2.24) is 0 Å². The summed E-state index contributed by atoms with van der Waals surface area (Å²) < 4.78 is 18.1. The quantitative estimate of drug-likeness (QED) is 0.879. The average Bonchev–Trinajstić information content (AvgIpc) is 2.54. The number of halogens is 1. The fourth-order valence-corrected chi connectivity index (χ4v) is 1.66. The number of hydrogen-bond acceptors (Lipinski definition) is 4. The van der Waals surface area contributed by atoms with Crippen LogP contribution in [-0.2, 0) is 9.53 Å². The first-order valence-electron chi connectivity index (χ1n) is 6.32. The van der Waals surface area contributed by atoms with Gasteiger partial charge in [0.15, 0.2) is 6.61 Å². The van der Waals surface area contributed by atoms with Crippen LogP contribution in [0.5, 0.6) is 0 Å². The predicted molar refractivity (Wildman–Crippen MR) is 76.5 cm³/mol. The van der Waals surface area contributed by atoms with Crippen molar-refractivity contribution in [2.45, 2.75) is 0 Å². The number of nitriles is 1. The van der Waals surface area contributed by atoms with Crippen LogP contribution in [0, 0.1) is 17.1 Å². The van der Waals surface area contributed by atoms with E-state index in [1.807, 2.05) is 6.07 Å². The van der Waals surface area contributed by atoms with E-state index >= 15 is 0 Å². The zero-order valence-electron chi connectivity index (χ0n) is 11.4. The van der Waals surface area contributed by atoms with Crippen LogP contribution < -0.4 is 5.32 Å². The highest BCUT2D eigenvalue weighted by Gasteiger charge is 2.14. The number of nitrogens with one attached hydrogen (secondary N) is 1. The average molecular weight is 298 g/mol. The molecule has 0 spiro atoms. The van der Waals surface area contributed by atoms with Gasteiger partial charge in [0.05, 0.1) is 17.2 Å². The third-order valence-electron chi connectivity index (χ3n) is 2.73. The van der Waals surface area contributed by atoms with Crippen molar-refractivity contribution in [1.29, 1.82) is 5.26 Å². The number of hydrogen-bond donors (Lipinski definition) is 1. The molecule has 110 valence electrons. The molecule has 0 bridgehead atoms. The molecule has 0 aliphatic carbocycles. The van der Waals surface area contributed by atoms with Gasteiger partial charge >= 0.3 is 5.97 Å². The van der Waals surface area contributed by atoms with Crippen LogP contribution in [0.4, 0.5) is 10.1 Å². The summed E-state index contributed by atoms with van der Waals surface area (Å²) in [5.74, 6) is -2.18. The first kappa shape index (κ1) is 15.2. The molecule has 2 rings (SSSR count). The Bertz CT molecular complexity index is 736. The number of nitrogens with zero attached hydrogens (tertiary/aromatic N) is 1. The molecule has 0 saturated carbocycles. The molecule has 2 aromatic carbocycles. The molecule has 5 nitrogen and oxygen atoms in total. The zero-order valence-corrected chi connectivity index (χ0v) is 11.4. The van der Waals surface area contributed by atoms with Crippen LogP contribution in [0.1, 0.15) is 15.9 Å². The summed E-state index contributed by atoms with van der Waals surface area (Å²) >= 11 is 0. The van der Waals surface area contributed by atoms with Crippen molar-refractivity contribution in [2.24, 2.45) is 0 Å². The van der Waals surface area contributed by atoms with E-state index < -0.39 is 24.3 Å².